The summed E-state index contributed by atoms with van der Waals surface area (Å²) < 4.78 is 0.568. The van der Waals surface area contributed by atoms with Crippen molar-refractivity contribution in [3.05, 3.63) is 35.4 Å². The molecule has 0 saturated carbocycles. The van der Waals surface area contributed by atoms with Crippen LogP contribution in [0, 0.1) is 0 Å². The van der Waals surface area contributed by atoms with Gasteiger partial charge in [0.1, 0.15) is 0 Å². The number of fused-ring (bicyclic) bond motifs is 1. The molecule has 2 aliphatic rings. The maximum atomic E-state index is 2.32. The molecule has 0 atom stereocenters. The van der Waals surface area contributed by atoms with Gasteiger partial charge in [-0.2, -0.15) is 0 Å². The molecule has 1 aromatic carbocycles. The van der Waals surface area contributed by atoms with Crippen LogP contribution in [-0.2, 0) is 12.8 Å². The molecule has 0 bridgehead atoms. The smallest absolute Gasteiger partial charge is 0.0618 e. The van der Waals surface area contributed by atoms with Crippen molar-refractivity contribution in [3.63, 3.8) is 0 Å². The van der Waals surface area contributed by atoms with E-state index in [1.54, 1.807) is 11.1 Å². The Labute approximate surface area is 100 Å². The Balaban J connectivity index is 1.85. The Kier molecular flexibility index (Phi) is 2.73. The molecular weight excluding hydrogens is 220 g/mol. The average Bonchev–Trinajstić information content (AvgIpc) is 2.65. The standard InChI is InChI=1S/C13H16S2/c1-2-4-12-6-8-13(14-9-10-15-13)7-5-11(12)3-1/h1-4H,5-10H2. The second-order valence-corrected chi connectivity index (χ2v) is 7.59. The SMILES string of the molecule is c1ccc2c(c1)CCC1(CC2)SCCS1. The molecule has 0 radical (unpaired) electrons. The molecule has 1 aliphatic carbocycles. The van der Waals surface area contributed by atoms with Crippen molar-refractivity contribution < 1.29 is 0 Å². The number of hydrogen-bond donors (Lipinski definition) is 0. The van der Waals surface area contributed by atoms with E-state index in [-0.39, 0.29) is 0 Å². The highest BCUT2D eigenvalue weighted by Crippen LogP contribution is 2.51. The molecule has 2 heteroatoms. The molecule has 80 valence electrons. The predicted molar refractivity (Wildman–Crippen MR) is 70.7 cm³/mol. The quantitative estimate of drug-likeness (QED) is 0.673. The van der Waals surface area contributed by atoms with Crippen LogP contribution in [0.3, 0.4) is 0 Å². The van der Waals surface area contributed by atoms with Gasteiger partial charge in [-0.05, 0) is 36.8 Å². The minimum absolute atomic E-state index is 0.568. The predicted octanol–water partition coefficient (Wildman–Crippen LogP) is 3.74. The molecule has 0 nitrogen and oxygen atoms in total. The average molecular weight is 236 g/mol. The fraction of sp³-hybridized carbons (Fsp3) is 0.538. The van der Waals surface area contributed by atoms with Crippen molar-refractivity contribution in [2.24, 2.45) is 0 Å². The highest BCUT2D eigenvalue weighted by molar-refractivity contribution is 8.21. The Morgan fingerprint density at radius 1 is 0.867 bits per heavy atom. The Bertz CT molecular complexity index is 324. The minimum Gasteiger partial charge on any atom is -0.143 e. The van der Waals surface area contributed by atoms with Crippen molar-refractivity contribution in [3.8, 4) is 0 Å². The topological polar surface area (TPSA) is 0 Å². The van der Waals surface area contributed by atoms with Gasteiger partial charge in [0, 0.05) is 11.5 Å². The summed E-state index contributed by atoms with van der Waals surface area (Å²) in [5.41, 5.74) is 3.20. The van der Waals surface area contributed by atoms with E-state index in [1.807, 2.05) is 0 Å². The van der Waals surface area contributed by atoms with Crippen LogP contribution in [0.25, 0.3) is 0 Å². The lowest BCUT2D eigenvalue weighted by atomic mass is 10.0. The van der Waals surface area contributed by atoms with Crippen molar-refractivity contribution in [1.82, 2.24) is 0 Å². The lowest BCUT2D eigenvalue weighted by Crippen LogP contribution is -2.16. The van der Waals surface area contributed by atoms with Gasteiger partial charge in [-0.1, -0.05) is 24.3 Å². The molecule has 1 heterocycles. The first-order valence-electron chi connectivity index (χ1n) is 5.73. The van der Waals surface area contributed by atoms with Gasteiger partial charge in [0.05, 0.1) is 4.08 Å². The Morgan fingerprint density at radius 2 is 1.40 bits per heavy atom. The van der Waals surface area contributed by atoms with E-state index >= 15 is 0 Å². The Morgan fingerprint density at radius 3 is 1.93 bits per heavy atom. The van der Waals surface area contributed by atoms with E-state index in [0.29, 0.717) is 4.08 Å². The van der Waals surface area contributed by atoms with Crippen LogP contribution in [-0.4, -0.2) is 15.6 Å². The minimum atomic E-state index is 0.568. The number of rotatable bonds is 0. The summed E-state index contributed by atoms with van der Waals surface area (Å²) >= 11 is 4.43. The summed E-state index contributed by atoms with van der Waals surface area (Å²) in [6.07, 6.45) is 5.32. The summed E-state index contributed by atoms with van der Waals surface area (Å²) in [5, 5.41) is 0. The van der Waals surface area contributed by atoms with Crippen molar-refractivity contribution in [1.29, 1.82) is 0 Å². The van der Waals surface area contributed by atoms with Crippen molar-refractivity contribution >= 4 is 23.5 Å². The molecular formula is C13H16S2. The first-order valence-corrected chi connectivity index (χ1v) is 7.70. The van der Waals surface area contributed by atoms with Crippen LogP contribution < -0.4 is 0 Å². The van der Waals surface area contributed by atoms with Gasteiger partial charge < -0.3 is 0 Å². The fourth-order valence-electron chi connectivity index (χ4n) is 2.61. The zero-order chi connectivity index (χ0) is 10.1. The molecule has 1 aliphatic heterocycles. The maximum Gasteiger partial charge on any atom is 0.0618 e. The van der Waals surface area contributed by atoms with Gasteiger partial charge in [-0.25, -0.2) is 0 Å². The summed E-state index contributed by atoms with van der Waals surface area (Å²) in [6.45, 7) is 0. The summed E-state index contributed by atoms with van der Waals surface area (Å²) in [6, 6.07) is 9.01. The molecule has 1 saturated heterocycles. The van der Waals surface area contributed by atoms with Crippen LogP contribution in [0.4, 0.5) is 0 Å². The molecule has 0 N–H and O–H groups in total. The fourth-order valence-corrected chi connectivity index (χ4v) is 5.84. The zero-order valence-corrected chi connectivity index (χ0v) is 10.5. The maximum absolute atomic E-state index is 2.32. The molecule has 1 spiro atoms. The molecule has 0 amide bonds. The summed E-state index contributed by atoms with van der Waals surface area (Å²) in [4.78, 5) is 0. The monoisotopic (exact) mass is 236 g/mol. The number of benzene rings is 1. The van der Waals surface area contributed by atoms with E-state index in [9.17, 15) is 0 Å². The van der Waals surface area contributed by atoms with E-state index in [0.717, 1.165) is 0 Å². The summed E-state index contributed by atoms with van der Waals surface area (Å²) in [5.74, 6) is 2.72. The van der Waals surface area contributed by atoms with E-state index in [1.165, 1.54) is 37.2 Å². The van der Waals surface area contributed by atoms with Gasteiger partial charge in [0.25, 0.3) is 0 Å². The highest BCUT2D eigenvalue weighted by Gasteiger charge is 2.36. The number of thioether (sulfide) groups is 2. The van der Waals surface area contributed by atoms with Gasteiger partial charge in [-0.15, -0.1) is 23.5 Å². The van der Waals surface area contributed by atoms with Crippen LogP contribution in [0.5, 0.6) is 0 Å². The molecule has 0 unspecified atom stereocenters. The number of aryl methyl sites for hydroxylation is 2. The van der Waals surface area contributed by atoms with Crippen LogP contribution in [0.15, 0.2) is 24.3 Å². The second-order valence-electron chi connectivity index (χ2n) is 4.38. The van der Waals surface area contributed by atoms with Crippen molar-refractivity contribution in [2.45, 2.75) is 29.8 Å². The third kappa shape index (κ3) is 1.94. The highest BCUT2D eigenvalue weighted by atomic mass is 32.2. The lowest BCUT2D eigenvalue weighted by Gasteiger charge is -2.24. The van der Waals surface area contributed by atoms with E-state index < -0.39 is 0 Å². The first kappa shape index (κ1) is 10.1. The van der Waals surface area contributed by atoms with Crippen LogP contribution in [0.1, 0.15) is 24.0 Å². The van der Waals surface area contributed by atoms with Crippen LogP contribution in [0.2, 0.25) is 0 Å². The lowest BCUT2D eigenvalue weighted by molar-refractivity contribution is 0.689. The first-order chi connectivity index (χ1) is 7.38. The van der Waals surface area contributed by atoms with E-state index in [2.05, 4.69) is 47.8 Å². The van der Waals surface area contributed by atoms with Crippen LogP contribution >= 0.6 is 23.5 Å². The molecule has 15 heavy (non-hydrogen) atoms. The van der Waals surface area contributed by atoms with Gasteiger partial charge in [-0.3, -0.25) is 0 Å². The van der Waals surface area contributed by atoms with Gasteiger partial charge in [0.15, 0.2) is 0 Å². The Hall–Kier alpha value is -0.0800. The van der Waals surface area contributed by atoms with Crippen molar-refractivity contribution in [2.75, 3.05) is 11.5 Å². The molecule has 3 rings (SSSR count). The van der Waals surface area contributed by atoms with E-state index in [4.69, 9.17) is 0 Å². The van der Waals surface area contributed by atoms with Gasteiger partial charge in [0.2, 0.25) is 0 Å². The number of hydrogen-bond acceptors (Lipinski definition) is 2. The summed E-state index contributed by atoms with van der Waals surface area (Å²) in [7, 11) is 0. The third-order valence-electron chi connectivity index (χ3n) is 3.48. The normalized spacial score (nSPS) is 23.7. The largest absolute Gasteiger partial charge is 0.143 e. The third-order valence-corrected chi connectivity index (χ3v) is 7.13. The second kappa shape index (κ2) is 4.06. The zero-order valence-electron chi connectivity index (χ0n) is 8.87. The molecule has 1 fully saturated rings. The van der Waals surface area contributed by atoms with Gasteiger partial charge >= 0.3 is 0 Å². The molecule has 1 aromatic rings. The molecule has 0 aromatic heterocycles.